The quantitative estimate of drug-likeness (QED) is 0.802. The third-order valence-electron chi connectivity index (χ3n) is 2.09. The molecule has 1 aromatic carbocycles. The lowest BCUT2D eigenvalue weighted by Gasteiger charge is -2.20. The highest BCUT2D eigenvalue weighted by molar-refractivity contribution is 5.94. The van der Waals surface area contributed by atoms with Crippen LogP contribution in [0.3, 0.4) is 0 Å². The molecule has 0 amide bonds. The van der Waals surface area contributed by atoms with Gasteiger partial charge >= 0.3 is 11.9 Å². The van der Waals surface area contributed by atoms with Crippen molar-refractivity contribution in [1.82, 2.24) is 0 Å². The molecule has 4 heteroatoms. The van der Waals surface area contributed by atoms with Crippen molar-refractivity contribution >= 4 is 11.9 Å². The molecule has 4 nitrogen and oxygen atoms in total. The van der Waals surface area contributed by atoms with Crippen LogP contribution in [0.15, 0.2) is 18.2 Å². The maximum Gasteiger partial charge on any atom is 0.338 e. The van der Waals surface area contributed by atoms with Gasteiger partial charge in [0.05, 0.1) is 11.1 Å². The Morgan fingerprint density at radius 2 is 1.82 bits per heavy atom. The summed E-state index contributed by atoms with van der Waals surface area (Å²) in [5, 5.41) is 8.81. The molecule has 0 saturated carbocycles. The van der Waals surface area contributed by atoms with Gasteiger partial charge in [-0.3, -0.25) is 0 Å². The number of ether oxygens (including phenoxy) is 1. The van der Waals surface area contributed by atoms with E-state index >= 15 is 0 Å². The van der Waals surface area contributed by atoms with Gasteiger partial charge in [-0.15, -0.1) is 0 Å². The summed E-state index contributed by atoms with van der Waals surface area (Å²) in [6.45, 7) is 7.04. The van der Waals surface area contributed by atoms with Gasteiger partial charge in [0.25, 0.3) is 0 Å². The van der Waals surface area contributed by atoms with Crippen molar-refractivity contribution in [2.75, 3.05) is 0 Å². The minimum absolute atomic E-state index is 0.162. The molecule has 0 fully saturated rings. The van der Waals surface area contributed by atoms with Crippen molar-refractivity contribution in [3.8, 4) is 0 Å². The van der Waals surface area contributed by atoms with Crippen molar-refractivity contribution < 1.29 is 19.4 Å². The van der Waals surface area contributed by atoms with Crippen LogP contribution in [-0.4, -0.2) is 22.6 Å². The van der Waals surface area contributed by atoms with Crippen LogP contribution in [0.5, 0.6) is 0 Å². The summed E-state index contributed by atoms with van der Waals surface area (Å²) in [5.74, 6) is -1.45. The zero-order valence-electron chi connectivity index (χ0n) is 10.4. The Morgan fingerprint density at radius 1 is 1.24 bits per heavy atom. The molecule has 0 aliphatic carbocycles. The van der Waals surface area contributed by atoms with Crippen LogP contribution < -0.4 is 0 Å². The van der Waals surface area contributed by atoms with Gasteiger partial charge in [0.2, 0.25) is 0 Å². The topological polar surface area (TPSA) is 63.6 Å². The van der Waals surface area contributed by atoms with Gasteiger partial charge in [0, 0.05) is 0 Å². The highest BCUT2D eigenvalue weighted by Crippen LogP contribution is 2.16. The van der Waals surface area contributed by atoms with Crippen molar-refractivity contribution in [2.45, 2.75) is 33.3 Å². The summed E-state index contributed by atoms with van der Waals surface area (Å²) in [7, 11) is 0. The number of carboxylic acid groups (broad SMARTS) is 1. The Labute approximate surface area is 100 Å². The highest BCUT2D eigenvalue weighted by Gasteiger charge is 2.19. The van der Waals surface area contributed by atoms with E-state index in [1.807, 2.05) is 0 Å². The molecule has 1 aromatic rings. The van der Waals surface area contributed by atoms with Gasteiger partial charge in [-0.2, -0.15) is 0 Å². The fourth-order valence-electron chi connectivity index (χ4n) is 1.36. The Kier molecular flexibility index (Phi) is 3.56. The second-order valence-corrected chi connectivity index (χ2v) is 4.84. The minimum atomic E-state index is -1.01. The van der Waals surface area contributed by atoms with Crippen LogP contribution in [0, 0.1) is 6.92 Å². The lowest BCUT2D eigenvalue weighted by Crippen LogP contribution is -2.24. The summed E-state index contributed by atoms with van der Waals surface area (Å²) in [5.41, 5.74) is 0.591. The number of aryl methyl sites for hydroxylation is 1. The summed E-state index contributed by atoms with van der Waals surface area (Å²) >= 11 is 0. The third-order valence-corrected chi connectivity index (χ3v) is 2.09. The monoisotopic (exact) mass is 236 g/mol. The van der Waals surface area contributed by atoms with Gasteiger partial charge in [-0.25, -0.2) is 9.59 Å². The maximum atomic E-state index is 11.8. The molecule has 1 rings (SSSR count). The number of hydrogen-bond donors (Lipinski definition) is 1. The highest BCUT2D eigenvalue weighted by atomic mass is 16.6. The maximum absolute atomic E-state index is 11.8. The first-order valence-corrected chi connectivity index (χ1v) is 5.28. The molecule has 0 aliphatic rings. The van der Waals surface area contributed by atoms with Crippen molar-refractivity contribution in [3.05, 3.63) is 34.9 Å². The van der Waals surface area contributed by atoms with Crippen molar-refractivity contribution in [3.63, 3.8) is 0 Å². The Balaban J connectivity index is 3.00. The molecule has 0 heterocycles. The standard InChI is InChI=1S/C13H16O4/c1-8-7-9(11(14)15)5-6-10(8)12(16)17-13(2,3)4/h5-7H,1-4H3,(H,14,15). The second kappa shape index (κ2) is 4.57. The van der Waals surface area contributed by atoms with Crippen molar-refractivity contribution in [1.29, 1.82) is 0 Å². The molecule has 17 heavy (non-hydrogen) atoms. The lowest BCUT2D eigenvalue weighted by atomic mass is 10.0. The van der Waals surface area contributed by atoms with Crippen LogP contribution in [0.25, 0.3) is 0 Å². The second-order valence-electron chi connectivity index (χ2n) is 4.84. The summed E-state index contributed by atoms with van der Waals surface area (Å²) in [4.78, 5) is 22.5. The predicted octanol–water partition coefficient (Wildman–Crippen LogP) is 2.65. The van der Waals surface area contributed by atoms with E-state index in [-0.39, 0.29) is 5.56 Å². The fourth-order valence-corrected chi connectivity index (χ4v) is 1.36. The molecule has 1 N–H and O–H groups in total. The van der Waals surface area contributed by atoms with E-state index in [0.717, 1.165) is 0 Å². The van der Waals surface area contributed by atoms with E-state index in [2.05, 4.69) is 0 Å². The molecule has 0 aliphatic heterocycles. The van der Waals surface area contributed by atoms with E-state index < -0.39 is 17.5 Å². The number of carbonyl (C=O) groups excluding carboxylic acids is 1. The largest absolute Gasteiger partial charge is 0.478 e. The SMILES string of the molecule is Cc1cc(C(=O)O)ccc1C(=O)OC(C)(C)C. The van der Waals surface area contributed by atoms with Gasteiger partial charge in [-0.05, 0) is 51.5 Å². The lowest BCUT2D eigenvalue weighted by molar-refractivity contribution is 0.00683. The number of hydrogen-bond acceptors (Lipinski definition) is 3. The molecule has 92 valence electrons. The third kappa shape index (κ3) is 3.59. The van der Waals surface area contributed by atoms with Crippen LogP contribution >= 0.6 is 0 Å². The van der Waals surface area contributed by atoms with Gasteiger partial charge in [0.15, 0.2) is 0 Å². The number of benzene rings is 1. The summed E-state index contributed by atoms with van der Waals surface area (Å²) in [6, 6.07) is 4.34. The van der Waals surface area contributed by atoms with E-state index in [1.165, 1.54) is 18.2 Å². The van der Waals surface area contributed by atoms with Crippen LogP contribution in [0.1, 0.15) is 47.1 Å². The summed E-state index contributed by atoms with van der Waals surface area (Å²) < 4.78 is 5.22. The molecule has 0 aromatic heterocycles. The van der Waals surface area contributed by atoms with Gasteiger partial charge in [0.1, 0.15) is 5.60 Å². The Hall–Kier alpha value is -1.84. The van der Waals surface area contributed by atoms with Crippen LogP contribution in [0.2, 0.25) is 0 Å². The minimum Gasteiger partial charge on any atom is -0.478 e. The van der Waals surface area contributed by atoms with Crippen LogP contribution in [0.4, 0.5) is 0 Å². The number of aromatic carboxylic acids is 1. The van der Waals surface area contributed by atoms with E-state index in [4.69, 9.17) is 9.84 Å². The molecule has 0 bridgehead atoms. The zero-order chi connectivity index (χ0) is 13.2. The van der Waals surface area contributed by atoms with Gasteiger partial charge < -0.3 is 9.84 Å². The average Bonchev–Trinajstić information content (AvgIpc) is 2.14. The van der Waals surface area contributed by atoms with Crippen LogP contribution in [-0.2, 0) is 4.74 Å². The number of carbonyl (C=O) groups is 2. The number of esters is 1. The summed E-state index contributed by atoms with van der Waals surface area (Å²) in [6.07, 6.45) is 0. The molecule has 0 saturated heterocycles. The predicted molar refractivity (Wildman–Crippen MR) is 63.3 cm³/mol. The molecule has 0 atom stereocenters. The van der Waals surface area contributed by atoms with E-state index in [9.17, 15) is 9.59 Å². The van der Waals surface area contributed by atoms with E-state index in [0.29, 0.717) is 11.1 Å². The molecule has 0 radical (unpaired) electrons. The van der Waals surface area contributed by atoms with Gasteiger partial charge in [-0.1, -0.05) is 0 Å². The van der Waals surface area contributed by atoms with E-state index in [1.54, 1.807) is 27.7 Å². The normalized spacial score (nSPS) is 11.1. The Bertz CT molecular complexity index is 455. The molecule has 0 spiro atoms. The number of rotatable bonds is 2. The first-order valence-electron chi connectivity index (χ1n) is 5.28. The molecule has 0 unspecified atom stereocenters. The first kappa shape index (κ1) is 13.2. The zero-order valence-corrected chi connectivity index (χ0v) is 10.4. The molecular formula is C13H16O4. The fraction of sp³-hybridized carbons (Fsp3) is 0.385. The first-order chi connectivity index (χ1) is 7.70. The molecular weight excluding hydrogens is 220 g/mol. The van der Waals surface area contributed by atoms with Crippen molar-refractivity contribution in [2.24, 2.45) is 0 Å². The Morgan fingerprint density at radius 3 is 2.24 bits per heavy atom. The smallest absolute Gasteiger partial charge is 0.338 e. The number of carboxylic acids is 1. The average molecular weight is 236 g/mol.